The number of hydrogen-bond acceptors (Lipinski definition) is 1. The zero-order chi connectivity index (χ0) is 15.0. The Bertz CT molecular complexity index is 307. The van der Waals surface area contributed by atoms with E-state index < -0.39 is 0 Å². The van der Waals surface area contributed by atoms with Crippen molar-refractivity contribution in [3.63, 3.8) is 0 Å². The van der Waals surface area contributed by atoms with E-state index in [1.165, 1.54) is 77.0 Å². The molecule has 0 aliphatic heterocycles. The maximum atomic E-state index is 5.73. The Balaban J connectivity index is 1.84. The molecule has 0 bridgehead atoms. The van der Waals surface area contributed by atoms with Crippen molar-refractivity contribution in [3.05, 3.63) is 24.7 Å². The summed E-state index contributed by atoms with van der Waals surface area (Å²) in [6.45, 7) is 4.64. The first kappa shape index (κ1) is 16.6. The van der Waals surface area contributed by atoms with Gasteiger partial charge in [0.15, 0.2) is 0 Å². The Kier molecular flexibility index (Phi) is 6.39. The first-order chi connectivity index (χ1) is 10.2. The lowest BCUT2D eigenvalue weighted by Crippen LogP contribution is -2.20. The van der Waals surface area contributed by atoms with E-state index in [9.17, 15) is 0 Å². The van der Waals surface area contributed by atoms with E-state index >= 15 is 0 Å². The maximum Gasteiger partial charge on any atom is 0.0866 e. The molecule has 120 valence electrons. The van der Waals surface area contributed by atoms with E-state index in [4.69, 9.17) is 4.74 Å². The van der Waals surface area contributed by atoms with Crippen molar-refractivity contribution in [2.24, 2.45) is 10.8 Å². The summed E-state index contributed by atoms with van der Waals surface area (Å²) in [6, 6.07) is 0. The molecule has 2 fully saturated rings. The van der Waals surface area contributed by atoms with Gasteiger partial charge in [-0.2, -0.15) is 0 Å². The van der Waals surface area contributed by atoms with Crippen LogP contribution in [0.3, 0.4) is 0 Å². The van der Waals surface area contributed by atoms with Crippen molar-refractivity contribution in [2.75, 3.05) is 0 Å². The molecule has 2 aliphatic rings. The van der Waals surface area contributed by atoms with Crippen LogP contribution in [0.15, 0.2) is 24.7 Å². The predicted octanol–water partition coefficient (Wildman–Crippen LogP) is 6.75. The SMILES string of the molecule is CCC1(C=COC=CC2(CC)CCCCC2)CCCCC1. The molecule has 0 N–H and O–H groups in total. The van der Waals surface area contributed by atoms with Gasteiger partial charge in [-0.1, -0.05) is 52.4 Å². The highest BCUT2D eigenvalue weighted by Crippen LogP contribution is 2.41. The van der Waals surface area contributed by atoms with Gasteiger partial charge in [-0.3, -0.25) is 0 Å². The first-order valence-electron chi connectivity index (χ1n) is 9.25. The third-order valence-corrected chi connectivity index (χ3v) is 6.11. The van der Waals surface area contributed by atoms with Crippen molar-refractivity contribution >= 4 is 0 Å². The third kappa shape index (κ3) is 4.63. The molecule has 0 atom stereocenters. The maximum absolute atomic E-state index is 5.73. The second-order valence-electron chi connectivity index (χ2n) is 7.29. The molecule has 0 aromatic carbocycles. The summed E-state index contributed by atoms with van der Waals surface area (Å²) in [5, 5.41) is 0. The van der Waals surface area contributed by atoms with E-state index in [1.54, 1.807) is 0 Å². The number of rotatable bonds is 6. The van der Waals surface area contributed by atoms with Crippen LogP contribution in [0.2, 0.25) is 0 Å². The fraction of sp³-hybridized carbons (Fsp3) is 0.800. The summed E-state index contributed by atoms with van der Waals surface area (Å²) in [6.07, 6.45) is 24.8. The van der Waals surface area contributed by atoms with E-state index in [-0.39, 0.29) is 0 Å². The van der Waals surface area contributed by atoms with Crippen LogP contribution >= 0.6 is 0 Å². The van der Waals surface area contributed by atoms with Crippen LogP contribution in [0.1, 0.15) is 90.9 Å². The van der Waals surface area contributed by atoms with Crippen molar-refractivity contribution in [3.8, 4) is 0 Å². The molecule has 1 nitrogen and oxygen atoms in total. The summed E-state index contributed by atoms with van der Waals surface area (Å²) in [5.41, 5.74) is 0.832. The molecule has 1 heteroatoms. The smallest absolute Gasteiger partial charge is 0.0866 e. The minimum atomic E-state index is 0.416. The van der Waals surface area contributed by atoms with Gasteiger partial charge in [0.1, 0.15) is 0 Å². The van der Waals surface area contributed by atoms with Gasteiger partial charge in [-0.15, -0.1) is 0 Å². The van der Waals surface area contributed by atoms with Gasteiger partial charge in [0.2, 0.25) is 0 Å². The van der Waals surface area contributed by atoms with Gasteiger partial charge in [-0.05, 0) is 61.5 Å². The quantitative estimate of drug-likeness (QED) is 0.491. The van der Waals surface area contributed by atoms with E-state index in [2.05, 4.69) is 26.0 Å². The number of ether oxygens (including phenoxy) is 1. The molecule has 0 amide bonds. The molecule has 2 aliphatic carbocycles. The van der Waals surface area contributed by atoms with Crippen LogP contribution in [0, 0.1) is 10.8 Å². The van der Waals surface area contributed by atoms with Crippen LogP contribution in [0.4, 0.5) is 0 Å². The molecule has 0 spiro atoms. The van der Waals surface area contributed by atoms with Crippen molar-refractivity contribution in [2.45, 2.75) is 90.9 Å². The van der Waals surface area contributed by atoms with Gasteiger partial charge >= 0.3 is 0 Å². The Morgan fingerprint density at radius 3 is 1.38 bits per heavy atom. The topological polar surface area (TPSA) is 9.23 Å². The molecule has 0 unspecified atom stereocenters. The van der Waals surface area contributed by atoms with Crippen LogP contribution in [0.5, 0.6) is 0 Å². The molecule has 0 aromatic rings. The summed E-state index contributed by atoms with van der Waals surface area (Å²) < 4.78 is 5.73. The Morgan fingerprint density at radius 2 is 1.05 bits per heavy atom. The molecule has 0 saturated heterocycles. The summed E-state index contributed by atoms with van der Waals surface area (Å²) in [7, 11) is 0. The number of hydrogen-bond donors (Lipinski definition) is 0. The summed E-state index contributed by atoms with van der Waals surface area (Å²) >= 11 is 0. The van der Waals surface area contributed by atoms with Crippen LogP contribution in [-0.2, 0) is 4.74 Å². The second-order valence-corrected chi connectivity index (χ2v) is 7.29. The van der Waals surface area contributed by atoms with E-state index in [0.717, 1.165) is 0 Å². The fourth-order valence-corrected chi connectivity index (χ4v) is 4.20. The Hall–Kier alpha value is -0.720. The lowest BCUT2D eigenvalue weighted by molar-refractivity contribution is 0.234. The lowest BCUT2D eigenvalue weighted by Gasteiger charge is -2.33. The zero-order valence-electron chi connectivity index (χ0n) is 14.2. The second kappa shape index (κ2) is 8.06. The zero-order valence-corrected chi connectivity index (χ0v) is 14.2. The summed E-state index contributed by atoms with van der Waals surface area (Å²) in [4.78, 5) is 0. The standard InChI is InChI=1S/C20H34O/c1-3-19(11-7-5-8-12-19)15-17-21-18-16-20(4-2)13-9-6-10-14-20/h15-18H,3-14H2,1-2H3. The summed E-state index contributed by atoms with van der Waals surface area (Å²) in [5.74, 6) is 0. The van der Waals surface area contributed by atoms with Gasteiger partial charge in [0.05, 0.1) is 12.5 Å². The normalized spacial score (nSPS) is 25.4. The monoisotopic (exact) mass is 290 g/mol. The molecule has 2 rings (SSSR count). The highest BCUT2D eigenvalue weighted by Gasteiger charge is 2.28. The minimum Gasteiger partial charge on any atom is -0.473 e. The minimum absolute atomic E-state index is 0.416. The van der Waals surface area contributed by atoms with Gasteiger partial charge in [-0.25, -0.2) is 0 Å². The fourth-order valence-electron chi connectivity index (χ4n) is 4.20. The largest absolute Gasteiger partial charge is 0.473 e. The van der Waals surface area contributed by atoms with Crippen molar-refractivity contribution < 1.29 is 4.74 Å². The van der Waals surface area contributed by atoms with Gasteiger partial charge in [0.25, 0.3) is 0 Å². The van der Waals surface area contributed by atoms with E-state index in [0.29, 0.717) is 10.8 Å². The predicted molar refractivity (Wildman–Crippen MR) is 91.0 cm³/mol. The molecular formula is C20H34O. The third-order valence-electron chi connectivity index (χ3n) is 6.11. The lowest BCUT2D eigenvalue weighted by atomic mass is 9.72. The highest BCUT2D eigenvalue weighted by molar-refractivity contribution is 5.01. The van der Waals surface area contributed by atoms with Crippen LogP contribution in [-0.4, -0.2) is 0 Å². The highest BCUT2D eigenvalue weighted by atomic mass is 16.5. The molecule has 0 aromatic heterocycles. The van der Waals surface area contributed by atoms with Gasteiger partial charge in [0, 0.05) is 0 Å². The molecule has 0 heterocycles. The molecular weight excluding hydrogens is 256 g/mol. The van der Waals surface area contributed by atoms with Crippen molar-refractivity contribution in [1.82, 2.24) is 0 Å². The average molecular weight is 290 g/mol. The average Bonchev–Trinajstić information content (AvgIpc) is 2.56. The van der Waals surface area contributed by atoms with Crippen LogP contribution in [0.25, 0.3) is 0 Å². The first-order valence-corrected chi connectivity index (χ1v) is 9.25. The Morgan fingerprint density at radius 1 is 0.667 bits per heavy atom. The van der Waals surface area contributed by atoms with Gasteiger partial charge < -0.3 is 4.74 Å². The molecule has 0 radical (unpaired) electrons. The van der Waals surface area contributed by atoms with Crippen LogP contribution < -0.4 is 0 Å². The van der Waals surface area contributed by atoms with E-state index in [1.807, 2.05) is 12.5 Å². The number of allylic oxidation sites excluding steroid dienone is 2. The molecule has 2 saturated carbocycles. The Labute approximate surface area is 131 Å². The van der Waals surface area contributed by atoms with Crippen molar-refractivity contribution in [1.29, 1.82) is 0 Å². The molecule has 21 heavy (non-hydrogen) atoms.